The van der Waals surface area contributed by atoms with Crippen LogP contribution in [0.5, 0.6) is 0 Å². The third-order valence-corrected chi connectivity index (χ3v) is 6.28. The maximum Gasteiger partial charge on any atom is 0.230 e. The highest BCUT2D eigenvalue weighted by atomic mass is 79.9. The first-order valence-electron chi connectivity index (χ1n) is 9.45. The summed E-state index contributed by atoms with van der Waals surface area (Å²) in [5.74, 6) is 0.447. The Morgan fingerprint density at radius 3 is 2.41 bits per heavy atom. The Morgan fingerprint density at radius 2 is 1.62 bits per heavy atom. The predicted octanol–water partition coefficient (Wildman–Crippen LogP) is 5.86. The third kappa shape index (κ3) is 5.11. The van der Waals surface area contributed by atoms with Gasteiger partial charge in [0.25, 0.3) is 0 Å². The van der Waals surface area contributed by atoms with Gasteiger partial charge in [0.15, 0.2) is 0 Å². The fourth-order valence-electron chi connectivity index (χ4n) is 3.24. The van der Waals surface area contributed by atoms with E-state index in [9.17, 15) is 4.79 Å². The van der Waals surface area contributed by atoms with E-state index >= 15 is 0 Å². The Balaban J connectivity index is 1.44. The van der Waals surface area contributed by atoms with E-state index in [4.69, 9.17) is 0 Å². The molecule has 0 aliphatic rings. The minimum atomic E-state index is 0.0450. The summed E-state index contributed by atoms with van der Waals surface area (Å²) in [5.41, 5.74) is 3.53. The lowest BCUT2D eigenvalue weighted by molar-refractivity contribution is -0.118. The second-order valence-electron chi connectivity index (χ2n) is 6.82. The molecule has 29 heavy (non-hydrogen) atoms. The fraction of sp³-hybridized carbons (Fsp3) is 0.125. The van der Waals surface area contributed by atoms with Crippen LogP contribution in [0.15, 0.2) is 94.4 Å². The SMILES string of the molecule is O=C(CSc1cn(Cc2ccc(Br)cc2)c2ccccc12)NCc1ccccc1. The van der Waals surface area contributed by atoms with Crippen LogP contribution in [0.25, 0.3) is 10.9 Å². The Morgan fingerprint density at radius 1 is 0.897 bits per heavy atom. The molecule has 1 aromatic heterocycles. The van der Waals surface area contributed by atoms with Crippen LogP contribution in [-0.2, 0) is 17.9 Å². The fourth-order valence-corrected chi connectivity index (χ4v) is 4.42. The summed E-state index contributed by atoms with van der Waals surface area (Å²) in [4.78, 5) is 13.4. The van der Waals surface area contributed by atoms with E-state index in [1.807, 2.05) is 36.4 Å². The highest BCUT2D eigenvalue weighted by Crippen LogP contribution is 2.30. The first-order chi connectivity index (χ1) is 14.2. The topological polar surface area (TPSA) is 34.0 Å². The molecule has 0 aliphatic carbocycles. The van der Waals surface area contributed by atoms with Crippen molar-refractivity contribution in [2.45, 2.75) is 18.0 Å². The van der Waals surface area contributed by atoms with Gasteiger partial charge in [-0.1, -0.05) is 76.6 Å². The quantitative estimate of drug-likeness (QED) is 0.347. The summed E-state index contributed by atoms with van der Waals surface area (Å²) < 4.78 is 3.33. The van der Waals surface area contributed by atoms with Crippen LogP contribution >= 0.6 is 27.7 Å². The van der Waals surface area contributed by atoms with Crippen LogP contribution in [0.4, 0.5) is 0 Å². The monoisotopic (exact) mass is 464 g/mol. The molecule has 4 rings (SSSR count). The van der Waals surface area contributed by atoms with Crippen molar-refractivity contribution in [2.75, 3.05) is 5.75 Å². The average molecular weight is 465 g/mol. The molecule has 0 saturated heterocycles. The molecule has 3 nitrogen and oxygen atoms in total. The second kappa shape index (κ2) is 9.33. The molecule has 0 atom stereocenters. The number of nitrogens with zero attached hydrogens (tertiary/aromatic N) is 1. The number of rotatable bonds is 7. The van der Waals surface area contributed by atoms with E-state index in [1.165, 1.54) is 16.5 Å². The van der Waals surface area contributed by atoms with Crippen molar-refractivity contribution in [3.05, 3.63) is 101 Å². The zero-order valence-electron chi connectivity index (χ0n) is 15.8. The standard InChI is InChI=1S/C24H21BrN2OS/c25-20-12-10-19(11-13-20)15-27-16-23(21-8-4-5-9-22(21)27)29-17-24(28)26-14-18-6-2-1-3-7-18/h1-13,16H,14-15,17H2,(H,26,28). The van der Waals surface area contributed by atoms with E-state index in [2.05, 4.69) is 74.5 Å². The molecule has 5 heteroatoms. The maximum absolute atomic E-state index is 12.3. The summed E-state index contributed by atoms with van der Waals surface area (Å²) in [6, 6.07) is 26.7. The lowest BCUT2D eigenvalue weighted by Gasteiger charge is -2.05. The Labute approximate surface area is 183 Å². The Hall–Kier alpha value is -2.50. The lowest BCUT2D eigenvalue weighted by Crippen LogP contribution is -2.24. The minimum Gasteiger partial charge on any atom is -0.351 e. The van der Waals surface area contributed by atoms with Crippen LogP contribution in [-0.4, -0.2) is 16.2 Å². The van der Waals surface area contributed by atoms with Crippen LogP contribution < -0.4 is 5.32 Å². The van der Waals surface area contributed by atoms with E-state index in [1.54, 1.807) is 11.8 Å². The number of hydrogen-bond donors (Lipinski definition) is 1. The first kappa shape index (κ1) is 19.8. The van der Waals surface area contributed by atoms with Crippen LogP contribution in [0, 0.1) is 0 Å². The predicted molar refractivity (Wildman–Crippen MR) is 124 cm³/mol. The van der Waals surface area contributed by atoms with Crippen molar-refractivity contribution in [1.29, 1.82) is 0 Å². The number of fused-ring (bicyclic) bond motifs is 1. The summed E-state index contributed by atoms with van der Waals surface area (Å²) in [7, 11) is 0. The van der Waals surface area contributed by atoms with Crippen molar-refractivity contribution < 1.29 is 4.79 Å². The molecule has 0 unspecified atom stereocenters. The molecule has 146 valence electrons. The number of para-hydroxylation sites is 1. The van der Waals surface area contributed by atoms with Crippen LogP contribution in [0.3, 0.4) is 0 Å². The number of amides is 1. The normalized spacial score (nSPS) is 10.9. The molecule has 0 radical (unpaired) electrons. The number of thioether (sulfide) groups is 1. The molecule has 4 aromatic rings. The van der Waals surface area contributed by atoms with Crippen LogP contribution in [0.2, 0.25) is 0 Å². The molecule has 0 bridgehead atoms. The zero-order chi connectivity index (χ0) is 20.1. The molecule has 0 saturated carbocycles. The second-order valence-corrected chi connectivity index (χ2v) is 8.75. The molecular weight excluding hydrogens is 444 g/mol. The van der Waals surface area contributed by atoms with E-state index in [0.717, 1.165) is 21.5 Å². The van der Waals surface area contributed by atoms with E-state index < -0.39 is 0 Å². The van der Waals surface area contributed by atoms with Gasteiger partial charge in [0, 0.05) is 39.6 Å². The number of hydrogen-bond acceptors (Lipinski definition) is 2. The smallest absolute Gasteiger partial charge is 0.230 e. The minimum absolute atomic E-state index is 0.0450. The summed E-state index contributed by atoms with van der Waals surface area (Å²) in [6.45, 7) is 1.36. The summed E-state index contributed by atoms with van der Waals surface area (Å²) >= 11 is 5.07. The van der Waals surface area contributed by atoms with E-state index in [0.29, 0.717) is 12.3 Å². The van der Waals surface area contributed by atoms with Gasteiger partial charge in [-0.15, -0.1) is 11.8 Å². The highest BCUT2D eigenvalue weighted by molar-refractivity contribution is 9.10. The number of carbonyl (C=O) groups is 1. The largest absolute Gasteiger partial charge is 0.351 e. The van der Waals surface area contributed by atoms with Gasteiger partial charge in [-0.25, -0.2) is 0 Å². The number of nitrogens with one attached hydrogen (secondary N) is 1. The van der Waals surface area contributed by atoms with Crippen molar-refractivity contribution in [2.24, 2.45) is 0 Å². The highest BCUT2D eigenvalue weighted by Gasteiger charge is 2.11. The molecule has 0 aliphatic heterocycles. The number of benzene rings is 3. The molecule has 1 heterocycles. The average Bonchev–Trinajstić information content (AvgIpc) is 3.11. The van der Waals surface area contributed by atoms with Crippen molar-refractivity contribution in [3.8, 4) is 0 Å². The lowest BCUT2D eigenvalue weighted by atomic mass is 10.2. The first-order valence-corrected chi connectivity index (χ1v) is 11.2. The van der Waals surface area contributed by atoms with Crippen LogP contribution in [0.1, 0.15) is 11.1 Å². The van der Waals surface area contributed by atoms with Gasteiger partial charge in [0.1, 0.15) is 0 Å². The molecule has 1 amide bonds. The molecule has 0 spiro atoms. The Bertz CT molecular complexity index is 1110. The zero-order valence-corrected chi connectivity index (χ0v) is 18.2. The number of aromatic nitrogens is 1. The van der Waals surface area contributed by atoms with Crippen molar-refractivity contribution in [1.82, 2.24) is 9.88 Å². The molecule has 1 N–H and O–H groups in total. The van der Waals surface area contributed by atoms with E-state index in [-0.39, 0.29) is 5.91 Å². The summed E-state index contributed by atoms with van der Waals surface area (Å²) in [6.07, 6.45) is 2.15. The third-order valence-electron chi connectivity index (χ3n) is 4.71. The van der Waals surface area contributed by atoms with Gasteiger partial charge in [0.2, 0.25) is 5.91 Å². The number of carbonyl (C=O) groups excluding carboxylic acids is 1. The maximum atomic E-state index is 12.3. The van der Waals surface area contributed by atoms with Gasteiger partial charge in [0.05, 0.1) is 5.75 Å². The number of halogens is 1. The van der Waals surface area contributed by atoms with Gasteiger partial charge in [-0.2, -0.15) is 0 Å². The van der Waals surface area contributed by atoms with Gasteiger partial charge >= 0.3 is 0 Å². The van der Waals surface area contributed by atoms with Gasteiger partial charge < -0.3 is 9.88 Å². The van der Waals surface area contributed by atoms with Crippen molar-refractivity contribution in [3.63, 3.8) is 0 Å². The summed E-state index contributed by atoms with van der Waals surface area (Å²) in [5, 5.41) is 4.18. The molecule has 3 aromatic carbocycles. The molecule has 0 fully saturated rings. The molecular formula is C24H21BrN2OS. The van der Waals surface area contributed by atoms with Gasteiger partial charge in [-0.05, 0) is 29.3 Å². The Kier molecular flexibility index (Phi) is 6.37. The van der Waals surface area contributed by atoms with Gasteiger partial charge in [-0.3, -0.25) is 4.79 Å². The van der Waals surface area contributed by atoms with Crippen molar-refractivity contribution >= 4 is 44.5 Å².